The number of carbonyl (C=O) groups is 1. The molecule has 1 aromatic rings. The second-order valence-electron chi connectivity index (χ2n) is 5.03. The number of nitrogens with zero attached hydrogens (tertiary/aromatic N) is 2. The Morgan fingerprint density at radius 3 is 2.28 bits per heavy atom. The van der Waals surface area contributed by atoms with Crippen molar-refractivity contribution in [1.29, 1.82) is 0 Å². The molecule has 0 aromatic heterocycles. The van der Waals surface area contributed by atoms with E-state index in [0.29, 0.717) is 0 Å². The first kappa shape index (κ1) is 12.5. The van der Waals surface area contributed by atoms with Crippen LogP contribution < -0.4 is 4.90 Å². The fraction of sp³-hybridized carbons (Fsp3) is 0.462. The van der Waals surface area contributed by atoms with Crippen molar-refractivity contribution in [3.05, 3.63) is 34.4 Å². The van der Waals surface area contributed by atoms with Gasteiger partial charge in [-0.05, 0) is 25.0 Å². The number of carbonyl (C=O) groups excluding carboxylic acids is 1. The van der Waals surface area contributed by atoms with Crippen LogP contribution in [-0.4, -0.2) is 24.3 Å². The monoisotopic (exact) mass is 248 g/mol. The van der Waals surface area contributed by atoms with Crippen LogP contribution in [0.2, 0.25) is 0 Å². The molecule has 5 nitrogen and oxygen atoms in total. The van der Waals surface area contributed by atoms with Crippen LogP contribution in [-0.2, 0) is 4.79 Å². The molecule has 0 bridgehead atoms. The highest BCUT2D eigenvalue weighted by Gasteiger charge is 2.29. The molecular formula is C13H16N2O3. The van der Waals surface area contributed by atoms with Crippen LogP contribution in [0.15, 0.2) is 24.3 Å². The number of rotatable bonds is 3. The highest BCUT2D eigenvalue weighted by molar-refractivity contribution is 5.60. The molecule has 0 radical (unpaired) electrons. The molecule has 0 atom stereocenters. The van der Waals surface area contributed by atoms with E-state index in [1.807, 2.05) is 6.92 Å². The maximum absolute atomic E-state index is 11.0. The van der Waals surface area contributed by atoms with Gasteiger partial charge in [-0.2, -0.15) is 0 Å². The van der Waals surface area contributed by atoms with E-state index in [1.54, 1.807) is 12.1 Å². The lowest BCUT2D eigenvalue weighted by molar-refractivity contribution is -0.384. The Kier molecular flexibility index (Phi) is 3.32. The summed E-state index contributed by atoms with van der Waals surface area (Å²) in [6, 6.07) is 6.56. The number of benzene rings is 1. The third-order valence-electron chi connectivity index (χ3n) is 3.62. The van der Waals surface area contributed by atoms with Gasteiger partial charge in [0.25, 0.3) is 5.69 Å². The molecule has 96 valence electrons. The van der Waals surface area contributed by atoms with Crippen molar-refractivity contribution in [2.75, 3.05) is 18.0 Å². The van der Waals surface area contributed by atoms with Crippen molar-refractivity contribution in [3.63, 3.8) is 0 Å². The zero-order valence-electron chi connectivity index (χ0n) is 10.3. The summed E-state index contributed by atoms with van der Waals surface area (Å²) in [6.45, 7) is 3.60. The number of hydrogen-bond donors (Lipinski definition) is 0. The third kappa shape index (κ3) is 2.50. The Balaban J connectivity index is 2.05. The van der Waals surface area contributed by atoms with Crippen LogP contribution in [0, 0.1) is 15.5 Å². The van der Waals surface area contributed by atoms with Crippen LogP contribution >= 0.6 is 0 Å². The molecule has 1 aliphatic heterocycles. The van der Waals surface area contributed by atoms with Crippen molar-refractivity contribution in [2.45, 2.75) is 19.8 Å². The molecule has 5 heteroatoms. The molecule has 1 heterocycles. The number of piperidine rings is 1. The van der Waals surface area contributed by atoms with Gasteiger partial charge < -0.3 is 9.69 Å². The Morgan fingerprint density at radius 2 is 1.83 bits per heavy atom. The average molecular weight is 248 g/mol. The topological polar surface area (TPSA) is 63.5 Å². The van der Waals surface area contributed by atoms with Gasteiger partial charge in [-0.15, -0.1) is 0 Å². The summed E-state index contributed by atoms with van der Waals surface area (Å²) in [5.74, 6) is 0. The van der Waals surface area contributed by atoms with Crippen molar-refractivity contribution in [3.8, 4) is 0 Å². The predicted octanol–water partition coefficient (Wildman–Crippen LogP) is 2.40. The Labute approximate surface area is 106 Å². The van der Waals surface area contributed by atoms with E-state index < -0.39 is 4.92 Å². The van der Waals surface area contributed by atoms with E-state index in [4.69, 9.17) is 0 Å². The van der Waals surface area contributed by atoms with Gasteiger partial charge in [-0.3, -0.25) is 10.1 Å². The van der Waals surface area contributed by atoms with Crippen LogP contribution in [0.5, 0.6) is 0 Å². The summed E-state index contributed by atoms with van der Waals surface area (Å²) in [5, 5.41) is 10.6. The smallest absolute Gasteiger partial charge is 0.269 e. The number of anilines is 1. The van der Waals surface area contributed by atoms with Gasteiger partial charge in [0.15, 0.2) is 0 Å². The zero-order valence-corrected chi connectivity index (χ0v) is 10.3. The largest absolute Gasteiger partial charge is 0.371 e. The van der Waals surface area contributed by atoms with E-state index >= 15 is 0 Å². The second kappa shape index (κ2) is 4.76. The lowest BCUT2D eigenvalue weighted by atomic mass is 9.82. The minimum Gasteiger partial charge on any atom is -0.371 e. The summed E-state index contributed by atoms with van der Waals surface area (Å²) in [5.41, 5.74) is 0.874. The summed E-state index contributed by atoms with van der Waals surface area (Å²) in [4.78, 5) is 23.3. The van der Waals surface area contributed by atoms with E-state index in [0.717, 1.165) is 37.9 Å². The van der Waals surface area contributed by atoms with E-state index in [-0.39, 0.29) is 11.1 Å². The number of nitro benzene ring substituents is 1. The first-order chi connectivity index (χ1) is 8.54. The van der Waals surface area contributed by atoms with Crippen molar-refractivity contribution >= 4 is 17.7 Å². The van der Waals surface area contributed by atoms with Crippen LogP contribution in [0.3, 0.4) is 0 Å². The van der Waals surface area contributed by atoms with Gasteiger partial charge in [0.2, 0.25) is 0 Å². The molecule has 0 aliphatic carbocycles. The quantitative estimate of drug-likeness (QED) is 0.468. The third-order valence-corrected chi connectivity index (χ3v) is 3.62. The first-order valence-corrected chi connectivity index (χ1v) is 6.00. The minimum absolute atomic E-state index is 0.105. The number of nitro groups is 1. The molecule has 0 saturated carbocycles. The Morgan fingerprint density at radius 1 is 1.28 bits per heavy atom. The van der Waals surface area contributed by atoms with Gasteiger partial charge in [-0.25, -0.2) is 0 Å². The molecule has 1 fully saturated rings. The van der Waals surface area contributed by atoms with Gasteiger partial charge in [0.05, 0.1) is 4.92 Å². The van der Waals surface area contributed by atoms with Gasteiger partial charge >= 0.3 is 0 Å². The number of non-ortho nitro benzene ring substituents is 1. The summed E-state index contributed by atoms with van der Waals surface area (Å²) in [6.07, 6.45) is 2.70. The van der Waals surface area contributed by atoms with Crippen LogP contribution in [0.25, 0.3) is 0 Å². The zero-order chi connectivity index (χ0) is 13.2. The van der Waals surface area contributed by atoms with Crippen molar-refractivity contribution in [1.82, 2.24) is 0 Å². The van der Waals surface area contributed by atoms with E-state index in [2.05, 4.69) is 4.90 Å². The average Bonchev–Trinajstić information content (AvgIpc) is 2.40. The van der Waals surface area contributed by atoms with Crippen molar-refractivity contribution < 1.29 is 9.72 Å². The predicted molar refractivity (Wildman–Crippen MR) is 68.7 cm³/mol. The van der Waals surface area contributed by atoms with Gasteiger partial charge in [0, 0.05) is 36.3 Å². The molecule has 0 amide bonds. The van der Waals surface area contributed by atoms with E-state index in [9.17, 15) is 14.9 Å². The molecular weight excluding hydrogens is 232 g/mol. The SMILES string of the molecule is CC1(C=O)CCN(c2ccc([N+](=O)[O-])cc2)CC1. The number of aldehydes is 1. The van der Waals surface area contributed by atoms with Gasteiger partial charge in [-0.1, -0.05) is 6.92 Å². The molecule has 1 saturated heterocycles. The van der Waals surface area contributed by atoms with Crippen LogP contribution in [0.4, 0.5) is 11.4 Å². The highest BCUT2D eigenvalue weighted by Crippen LogP contribution is 2.31. The first-order valence-electron chi connectivity index (χ1n) is 6.00. The molecule has 0 unspecified atom stereocenters. The lowest BCUT2D eigenvalue weighted by Gasteiger charge is -2.37. The van der Waals surface area contributed by atoms with Gasteiger partial charge in [0.1, 0.15) is 6.29 Å². The minimum atomic E-state index is -0.399. The Hall–Kier alpha value is -1.91. The summed E-state index contributed by atoms with van der Waals surface area (Å²) >= 11 is 0. The highest BCUT2D eigenvalue weighted by atomic mass is 16.6. The molecule has 18 heavy (non-hydrogen) atoms. The summed E-state index contributed by atoms with van der Waals surface area (Å²) in [7, 11) is 0. The molecule has 0 spiro atoms. The second-order valence-corrected chi connectivity index (χ2v) is 5.03. The molecule has 0 N–H and O–H groups in total. The Bertz CT molecular complexity index is 448. The normalized spacial score (nSPS) is 18.4. The molecule has 1 aliphatic rings. The molecule has 1 aromatic carbocycles. The van der Waals surface area contributed by atoms with E-state index in [1.165, 1.54) is 12.1 Å². The standard InChI is InChI=1S/C13H16N2O3/c1-13(10-16)6-8-14(9-7-13)11-2-4-12(5-3-11)15(17)18/h2-5,10H,6-9H2,1H3. The summed E-state index contributed by atoms with van der Waals surface area (Å²) < 4.78 is 0. The maximum atomic E-state index is 11.0. The number of hydrogen-bond acceptors (Lipinski definition) is 4. The fourth-order valence-corrected chi connectivity index (χ4v) is 2.18. The lowest BCUT2D eigenvalue weighted by Crippen LogP contribution is -2.39. The molecule has 2 rings (SSSR count). The van der Waals surface area contributed by atoms with Crippen LogP contribution in [0.1, 0.15) is 19.8 Å². The van der Waals surface area contributed by atoms with Crippen molar-refractivity contribution in [2.24, 2.45) is 5.41 Å². The maximum Gasteiger partial charge on any atom is 0.269 e. The fourth-order valence-electron chi connectivity index (χ4n) is 2.18.